The zero-order valence-corrected chi connectivity index (χ0v) is 7.41. The maximum atomic E-state index is 12.3. The van der Waals surface area contributed by atoms with Gasteiger partial charge in [-0.1, -0.05) is 6.07 Å². The molecule has 0 aromatic carbocycles. The Labute approximate surface area is 78.8 Å². The number of rotatable bonds is 2. The Bertz CT molecular complexity index is 312. The lowest BCUT2D eigenvalue weighted by molar-refractivity contribution is -0.143. The van der Waals surface area contributed by atoms with Crippen molar-refractivity contribution in [2.75, 3.05) is 7.05 Å². The minimum atomic E-state index is -4.48. The minimum Gasteiger partial charge on any atom is -0.314 e. The van der Waals surface area contributed by atoms with E-state index in [1.165, 1.54) is 19.2 Å². The molecule has 0 amide bonds. The summed E-state index contributed by atoms with van der Waals surface area (Å²) in [6, 6.07) is 2.68. The molecule has 1 aromatic rings. The number of halogens is 3. The summed E-state index contributed by atoms with van der Waals surface area (Å²) in [5.41, 5.74) is -1.01. The first-order valence-electron chi connectivity index (χ1n) is 3.82. The Morgan fingerprint density at radius 2 is 2.14 bits per heavy atom. The first kappa shape index (κ1) is 10.9. The van der Waals surface area contributed by atoms with Crippen molar-refractivity contribution in [2.45, 2.75) is 12.7 Å². The van der Waals surface area contributed by atoms with Crippen LogP contribution in [-0.2, 0) is 12.7 Å². The van der Waals surface area contributed by atoms with Crippen LogP contribution in [0.2, 0.25) is 0 Å². The molecule has 14 heavy (non-hydrogen) atoms. The van der Waals surface area contributed by atoms with E-state index in [1.54, 1.807) is 0 Å². The van der Waals surface area contributed by atoms with Crippen LogP contribution in [0.15, 0.2) is 18.3 Å². The summed E-state index contributed by atoms with van der Waals surface area (Å²) in [5, 5.41) is 9.51. The molecule has 0 spiro atoms. The SMILES string of the molecule is CN(O)Cc1cccnc1C(F)(F)F. The number of nitrogens with zero attached hydrogens (tertiary/aromatic N) is 2. The predicted octanol–water partition coefficient (Wildman–Crippen LogP) is 1.92. The van der Waals surface area contributed by atoms with Crippen LogP contribution in [0.1, 0.15) is 11.3 Å². The van der Waals surface area contributed by atoms with Gasteiger partial charge in [0.2, 0.25) is 0 Å². The molecule has 0 atom stereocenters. The quantitative estimate of drug-likeness (QED) is 0.751. The van der Waals surface area contributed by atoms with Crippen molar-refractivity contribution in [2.24, 2.45) is 0 Å². The third kappa shape index (κ3) is 2.68. The van der Waals surface area contributed by atoms with Gasteiger partial charge in [-0.15, -0.1) is 0 Å². The zero-order chi connectivity index (χ0) is 10.8. The van der Waals surface area contributed by atoms with Gasteiger partial charge in [-0.2, -0.15) is 18.2 Å². The van der Waals surface area contributed by atoms with E-state index in [9.17, 15) is 13.2 Å². The molecule has 0 aliphatic heterocycles. The summed E-state index contributed by atoms with van der Waals surface area (Å²) in [4.78, 5) is 3.24. The topological polar surface area (TPSA) is 36.4 Å². The van der Waals surface area contributed by atoms with Crippen LogP contribution < -0.4 is 0 Å². The third-order valence-corrected chi connectivity index (χ3v) is 1.56. The van der Waals surface area contributed by atoms with Crippen LogP contribution >= 0.6 is 0 Å². The van der Waals surface area contributed by atoms with Gasteiger partial charge in [0, 0.05) is 13.2 Å². The van der Waals surface area contributed by atoms with Crippen molar-refractivity contribution in [3.8, 4) is 0 Å². The van der Waals surface area contributed by atoms with Crippen molar-refractivity contribution in [3.63, 3.8) is 0 Å². The summed E-state index contributed by atoms with van der Waals surface area (Å²) < 4.78 is 37.0. The second-order valence-corrected chi connectivity index (χ2v) is 2.82. The fraction of sp³-hybridized carbons (Fsp3) is 0.375. The normalized spacial score (nSPS) is 12.1. The van der Waals surface area contributed by atoms with E-state index in [2.05, 4.69) is 4.98 Å². The summed E-state index contributed by atoms with van der Waals surface area (Å²) in [6.07, 6.45) is -3.41. The van der Waals surface area contributed by atoms with Crippen LogP contribution in [-0.4, -0.2) is 22.3 Å². The van der Waals surface area contributed by atoms with Crippen molar-refractivity contribution < 1.29 is 18.4 Å². The molecule has 0 aliphatic carbocycles. The molecule has 78 valence electrons. The van der Waals surface area contributed by atoms with E-state index < -0.39 is 11.9 Å². The molecular weight excluding hydrogens is 197 g/mol. The largest absolute Gasteiger partial charge is 0.433 e. The second kappa shape index (κ2) is 3.93. The van der Waals surface area contributed by atoms with Gasteiger partial charge in [-0.05, 0) is 11.6 Å². The number of hydroxylamine groups is 2. The smallest absolute Gasteiger partial charge is 0.314 e. The Morgan fingerprint density at radius 3 is 2.64 bits per heavy atom. The molecule has 1 heterocycles. The molecule has 0 saturated carbocycles. The van der Waals surface area contributed by atoms with Crippen molar-refractivity contribution in [3.05, 3.63) is 29.6 Å². The lowest BCUT2D eigenvalue weighted by atomic mass is 10.2. The third-order valence-electron chi connectivity index (χ3n) is 1.56. The van der Waals surface area contributed by atoms with Crippen LogP contribution in [0.4, 0.5) is 13.2 Å². The number of hydrogen-bond acceptors (Lipinski definition) is 3. The van der Waals surface area contributed by atoms with Crippen molar-refractivity contribution in [1.82, 2.24) is 10.0 Å². The van der Waals surface area contributed by atoms with Crippen molar-refractivity contribution in [1.29, 1.82) is 0 Å². The standard InChI is InChI=1S/C8H9F3N2O/c1-13(14)5-6-3-2-4-12-7(6)8(9,10)11/h2-4,14H,5H2,1H3. The van der Waals surface area contributed by atoms with Crippen LogP contribution in [0.25, 0.3) is 0 Å². The highest BCUT2D eigenvalue weighted by molar-refractivity contribution is 5.21. The fourth-order valence-corrected chi connectivity index (χ4v) is 1.07. The molecule has 0 aliphatic rings. The van der Waals surface area contributed by atoms with Gasteiger partial charge in [0.25, 0.3) is 0 Å². The molecule has 3 nitrogen and oxygen atoms in total. The summed E-state index contributed by atoms with van der Waals surface area (Å²) >= 11 is 0. The first-order chi connectivity index (χ1) is 6.41. The monoisotopic (exact) mass is 206 g/mol. The van der Waals surface area contributed by atoms with Gasteiger partial charge < -0.3 is 5.21 Å². The molecule has 0 saturated heterocycles. The lowest BCUT2D eigenvalue weighted by Gasteiger charge is -2.13. The second-order valence-electron chi connectivity index (χ2n) is 2.82. The molecule has 0 fully saturated rings. The number of hydrogen-bond donors (Lipinski definition) is 1. The average Bonchev–Trinajstić information content (AvgIpc) is 2.01. The van der Waals surface area contributed by atoms with E-state index in [0.717, 1.165) is 6.20 Å². The van der Waals surface area contributed by atoms with Crippen LogP contribution in [0.3, 0.4) is 0 Å². The Morgan fingerprint density at radius 1 is 1.50 bits per heavy atom. The fourth-order valence-electron chi connectivity index (χ4n) is 1.07. The molecule has 1 rings (SSSR count). The zero-order valence-electron chi connectivity index (χ0n) is 7.41. The number of pyridine rings is 1. The van der Waals surface area contributed by atoms with Gasteiger partial charge in [0.1, 0.15) is 5.69 Å². The Hall–Kier alpha value is -1.14. The maximum Gasteiger partial charge on any atom is 0.433 e. The van der Waals surface area contributed by atoms with E-state index in [4.69, 9.17) is 5.21 Å². The van der Waals surface area contributed by atoms with Crippen LogP contribution in [0, 0.1) is 0 Å². The molecular formula is C8H9F3N2O. The van der Waals surface area contributed by atoms with Crippen LogP contribution in [0.5, 0.6) is 0 Å². The number of alkyl halides is 3. The highest BCUT2D eigenvalue weighted by Gasteiger charge is 2.34. The first-order valence-corrected chi connectivity index (χ1v) is 3.82. The summed E-state index contributed by atoms with van der Waals surface area (Å²) in [5.74, 6) is 0. The van der Waals surface area contributed by atoms with Gasteiger partial charge >= 0.3 is 6.18 Å². The predicted molar refractivity (Wildman–Crippen MR) is 42.5 cm³/mol. The van der Waals surface area contributed by atoms with E-state index in [-0.39, 0.29) is 12.1 Å². The minimum absolute atomic E-state index is 0.0509. The molecule has 0 radical (unpaired) electrons. The highest BCUT2D eigenvalue weighted by atomic mass is 19.4. The van der Waals surface area contributed by atoms with Gasteiger partial charge in [0.15, 0.2) is 0 Å². The Balaban J connectivity index is 3.04. The maximum absolute atomic E-state index is 12.3. The summed E-state index contributed by atoms with van der Waals surface area (Å²) in [7, 11) is 1.27. The Kier molecular flexibility index (Phi) is 3.07. The number of aromatic nitrogens is 1. The van der Waals surface area contributed by atoms with E-state index >= 15 is 0 Å². The average molecular weight is 206 g/mol. The molecule has 1 N–H and O–H groups in total. The van der Waals surface area contributed by atoms with Gasteiger partial charge in [0.05, 0.1) is 6.54 Å². The molecule has 0 unspecified atom stereocenters. The molecule has 1 aromatic heterocycles. The molecule has 6 heteroatoms. The van der Waals surface area contributed by atoms with E-state index in [1.807, 2.05) is 0 Å². The highest BCUT2D eigenvalue weighted by Crippen LogP contribution is 2.30. The summed E-state index contributed by atoms with van der Waals surface area (Å²) in [6.45, 7) is -0.206. The van der Waals surface area contributed by atoms with Crippen molar-refractivity contribution >= 4 is 0 Å². The van der Waals surface area contributed by atoms with Gasteiger partial charge in [-0.3, -0.25) is 4.98 Å². The molecule has 0 bridgehead atoms. The van der Waals surface area contributed by atoms with E-state index in [0.29, 0.717) is 5.06 Å². The lowest BCUT2D eigenvalue weighted by Crippen LogP contribution is -2.18. The van der Waals surface area contributed by atoms with Gasteiger partial charge in [-0.25, -0.2) is 0 Å².